The smallest absolute Gasteiger partial charge is 0.397 e. The third kappa shape index (κ3) is 12.0. The van der Waals surface area contributed by atoms with Crippen molar-refractivity contribution < 1.29 is 65.0 Å². The van der Waals surface area contributed by atoms with E-state index in [0.29, 0.717) is 17.8 Å². The van der Waals surface area contributed by atoms with Crippen LogP contribution in [0.25, 0.3) is 10.8 Å². The standard InChI is InChI=1S/C36H31ClN10O15S5/c37-26-16-29(28(39)17-27(26)38)44-41-19-1-3-22(4-2-19)47-64(51,52)24-11-7-20(8-12-24)42-45-30-18-31(65(53,54)55)25-15-32(66(56,57)58)35(36(48)33(25)34(30)40)46-43-21-5-9-23(10-6-21)63(49,50)14-13-62-67(59,60)61/h1-12,15-18,47-48H,13-14,38-40H2,(H,53,54,55)(H,56,57,58)(H,59,60,61). The number of sulfone groups is 1. The molecular formula is C36H31ClN10O15S5. The number of fused-ring (bicyclic) bond motifs is 1. The Hall–Kier alpha value is -6.74. The fraction of sp³-hybridized carbons (Fsp3) is 0.0556. The molecule has 0 fully saturated rings. The highest BCUT2D eigenvalue weighted by Crippen LogP contribution is 2.48. The number of nitrogens with zero attached hydrogens (tertiary/aromatic N) is 6. The molecule has 67 heavy (non-hydrogen) atoms. The van der Waals surface area contributed by atoms with Crippen molar-refractivity contribution in [1.29, 1.82) is 0 Å². The third-order valence-corrected chi connectivity index (χ3v) is 14.5. The first-order valence-corrected chi connectivity index (χ1v) is 25.7. The molecule has 0 saturated heterocycles. The van der Waals surface area contributed by atoms with Gasteiger partial charge in [0.1, 0.15) is 26.9 Å². The van der Waals surface area contributed by atoms with Crippen molar-refractivity contribution in [1.82, 2.24) is 0 Å². The Bertz CT molecular complexity index is 3620. The van der Waals surface area contributed by atoms with Crippen molar-refractivity contribution in [2.75, 3.05) is 34.3 Å². The summed E-state index contributed by atoms with van der Waals surface area (Å²) in [5.41, 5.74) is 16.9. The number of phenolic OH excluding ortho intramolecular Hbond substituents is 1. The Balaban J connectivity index is 1.26. The van der Waals surface area contributed by atoms with Gasteiger partial charge in [0.05, 0.1) is 66.7 Å². The van der Waals surface area contributed by atoms with Gasteiger partial charge < -0.3 is 22.3 Å². The molecule has 31 heteroatoms. The molecule has 0 aromatic heterocycles. The second-order valence-corrected chi connectivity index (χ2v) is 21.6. The minimum Gasteiger partial charge on any atom is -0.505 e. The van der Waals surface area contributed by atoms with E-state index >= 15 is 0 Å². The highest BCUT2D eigenvalue weighted by Gasteiger charge is 2.29. The maximum atomic E-state index is 13.2. The van der Waals surface area contributed by atoms with Crippen molar-refractivity contribution >= 4 is 130 Å². The van der Waals surface area contributed by atoms with Crippen LogP contribution in [0.2, 0.25) is 5.02 Å². The predicted molar refractivity (Wildman–Crippen MR) is 242 cm³/mol. The topological polar surface area (TPSA) is 425 Å². The highest BCUT2D eigenvalue weighted by molar-refractivity contribution is 7.92. The van der Waals surface area contributed by atoms with Gasteiger partial charge in [-0.25, -0.2) is 21.0 Å². The summed E-state index contributed by atoms with van der Waals surface area (Å²) in [6.07, 6.45) is 0. The molecule has 0 bridgehead atoms. The van der Waals surface area contributed by atoms with Crippen LogP contribution in [0.15, 0.2) is 147 Å². The van der Waals surface area contributed by atoms with E-state index in [1.807, 2.05) is 0 Å². The zero-order valence-electron chi connectivity index (χ0n) is 33.3. The molecule has 6 aromatic rings. The maximum absolute atomic E-state index is 13.2. The second-order valence-electron chi connectivity index (χ2n) is 13.5. The SMILES string of the molecule is Nc1cc(N)c(N=Nc2ccc(NS(=O)(=O)c3ccc(N=Nc4cc(S(=O)(=O)O)c5cc(S(=O)(=O)O)c(N=Nc6ccc(S(=O)(=O)CCOS(=O)(=O)O)cc6)c(O)c5c4N)cc3)cc2)cc1Cl. The Morgan fingerprint density at radius 3 is 1.63 bits per heavy atom. The largest absolute Gasteiger partial charge is 0.505 e. The number of sulfonamides is 1. The van der Waals surface area contributed by atoms with Gasteiger partial charge in [-0.1, -0.05) is 11.6 Å². The van der Waals surface area contributed by atoms with Gasteiger partial charge in [-0.3, -0.25) is 18.4 Å². The lowest BCUT2D eigenvalue weighted by Gasteiger charge is -2.14. The Kier molecular flexibility index (Phi) is 14.0. The van der Waals surface area contributed by atoms with Gasteiger partial charge in [-0.05, 0) is 97.1 Å². The lowest BCUT2D eigenvalue weighted by atomic mass is 10.0. The summed E-state index contributed by atoms with van der Waals surface area (Å²) in [6.45, 7) is -0.915. The van der Waals surface area contributed by atoms with Crippen LogP contribution < -0.4 is 21.9 Å². The second kappa shape index (κ2) is 18.9. The lowest BCUT2D eigenvalue weighted by Crippen LogP contribution is -2.15. The number of nitrogens with one attached hydrogen (secondary N) is 1. The van der Waals surface area contributed by atoms with Crippen LogP contribution in [0.1, 0.15) is 0 Å². The van der Waals surface area contributed by atoms with Gasteiger partial charge >= 0.3 is 10.4 Å². The molecule has 6 aromatic carbocycles. The summed E-state index contributed by atoms with van der Waals surface area (Å²) in [5.74, 6) is -2.06. The molecule has 25 nitrogen and oxygen atoms in total. The Labute approximate surface area is 385 Å². The summed E-state index contributed by atoms with van der Waals surface area (Å²) < 4.78 is 158. The van der Waals surface area contributed by atoms with E-state index in [-0.39, 0.29) is 48.9 Å². The molecular weight excluding hydrogens is 1010 g/mol. The molecule has 352 valence electrons. The molecule has 0 atom stereocenters. The van der Waals surface area contributed by atoms with E-state index in [4.69, 9.17) is 33.4 Å². The van der Waals surface area contributed by atoms with Crippen molar-refractivity contribution in [3.63, 3.8) is 0 Å². The highest BCUT2D eigenvalue weighted by atomic mass is 35.5. The van der Waals surface area contributed by atoms with Crippen molar-refractivity contribution in [2.45, 2.75) is 19.6 Å². The molecule has 0 saturated carbocycles. The van der Waals surface area contributed by atoms with Gasteiger partial charge in [0.15, 0.2) is 15.6 Å². The number of halogens is 1. The zero-order chi connectivity index (χ0) is 49.3. The first-order chi connectivity index (χ1) is 31.1. The maximum Gasteiger partial charge on any atom is 0.397 e. The zero-order valence-corrected chi connectivity index (χ0v) is 38.1. The van der Waals surface area contributed by atoms with E-state index in [2.05, 4.69) is 39.6 Å². The van der Waals surface area contributed by atoms with E-state index < -0.39 is 106 Å². The van der Waals surface area contributed by atoms with Crippen molar-refractivity contribution in [3.05, 3.63) is 102 Å². The van der Waals surface area contributed by atoms with E-state index in [9.17, 15) is 56.3 Å². The molecule has 0 spiro atoms. The van der Waals surface area contributed by atoms with Crippen LogP contribution in [0.3, 0.4) is 0 Å². The molecule has 0 unspecified atom stereocenters. The van der Waals surface area contributed by atoms with Gasteiger partial charge in [-0.15, -0.1) is 15.3 Å². The number of anilines is 4. The Morgan fingerprint density at radius 2 is 1.09 bits per heavy atom. The first-order valence-electron chi connectivity index (χ1n) is 18.0. The molecule has 6 rings (SSSR count). The number of nitrogen functional groups attached to an aromatic ring is 3. The fourth-order valence-electron chi connectivity index (χ4n) is 5.70. The number of hydrogen-bond acceptors (Lipinski definition) is 21. The van der Waals surface area contributed by atoms with E-state index in [1.165, 1.54) is 48.5 Å². The van der Waals surface area contributed by atoms with Gasteiger partial charge in [0.2, 0.25) is 0 Å². The number of azo groups is 3. The Morgan fingerprint density at radius 1 is 0.582 bits per heavy atom. The minimum absolute atomic E-state index is 0.0183. The molecule has 0 heterocycles. The van der Waals surface area contributed by atoms with Crippen LogP contribution in [-0.4, -0.2) is 73.2 Å². The number of hydrogen-bond donors (Lipinski definition) is 8. The van der Waals surface area contributed by atoms with Crippen molar-refractivity contribution in [3.8, 4) is 5.75 Å². The van der Waals surface area contributed by atoms with Gasteiger partial charge in [-0.2, -0.15) is 40.6 Å². The monoisotopic (exact) mass is 1040 g/mol. The molecule has 0 aliphatic heterocycles. The average molecular weight is 1040 g/mol. The number of phenols is 1. The van der Waals surface area contributed by atoms with Crippen molar-refractivity contribution in [2.24, 2.45) is 30.7 Å². The molecule has 0 aliphatic rings. The quantitative estimate of drug-likeness (QED) is 0.0272. The fourth-order valence-corrected chi connectivity index (χ4v) is 9.76. The van der Waals surface area contributed by atoms with Crippen LogP contribution >= 0.6 is 11.6 Å². The summed E-state index contributed by atoms with van der Waals surface area (Å²) >= 11 is 6.02. The number of rotatable bonds is 16. The first kappa shape index (κ1) is 49.7. The molecule has 11 N–H and O–H groups in total. The van der Waals surface area contributed by atoms with Crippen LogP contribution in [0.5, 0.6) is 5.75 Å². The van der Waals surface area contributed by atoms with Crippen LogP contribution in [0.4, 0.5) is 56.9 Å². The summed E-state index contributed by atoms with van der Waals surface area (Å²) in [4.78, 5) is -2.87. The van der Waals surface area contributed by atoms with Crippen LogP contribution in [0, 0.1) is 0 Å². The average Bonchev–Trinajstić information content (AvgIpc) is 3.23. The number of benzene rings is 6. The van der Waals surface area contributed by atoms with Crippen LogP contribution in [-0.2, 0) is 54.7 Å². The van der Waals surface area contributed by atoms with Gasteiger partial charge in [0, 0.05) is 11.1 Å². The lowest BCUT2D eigenvalue weighted by molar-refractivity contribution is 0.284. The summed E-state index contributed by atoms with van der Waals surface area (Å²) in [6, 6.07) is 18.7. The normalized spacial score (nSPS) is 13.0. The predicted octanol–water partition coefficient (Wildman–Crippen LogP) is 7.08. The molecule has 0 aliphatic carbocycles. The van der Waals surface area contributed by atoms with E-state index in [1.54, 1.807) is 0 Å². The number of aromatic hydroxyl groups is 1. The summed E-state index contributed by atoms with van der Waals surface area (Å²) in [5, 5.41) is 33.6. The van der Waals surface area contributed by atoms with Gasteiger partial charge in [0.25, 0.3) is 30.3 Å². The summed E-state index contributed by atoms with van der Waals surface area (Å²) in [7, 11) is -23.9. The molecule has 0 radical (unpaired) electrons. The van der Waals surface area contributed by atoms with E-state index in [0.717, 1.165) is 36.4 Å². The molecule has 0 amide bonds. The number of nitrogens with two attached hydrogens (primary N) is 3. The minimum atomic E-state index is -5.37. The third-order valence-electron chi connectivity index (χ3n) is 8.88.